The van der Waals surface area contributed by atoms with Crippen LogP contribution in [0, 0.1) is 6.92 Å². The van der Waals surface area contributed by atoms with E-state index in [2.05, 4.69) is 9.93 Å². The smallest absolute Gasteiger partial charge is 0.342 e. The van der Waals surface area contributed by atoms with Crippen LogP contribution < -0.4 is 0 Å². The van der Waals surface area contributed by atoms with E-state index in [4.69, 9.17) is 0 Å². The number of aliphatic imine (C=N–C) groups is 1. The summed E-state index contributed by atoms with van der Waals surface area (Å²) in [5, 5.41) is 0. The first-order valence-corrected chi connectivity index (χ1v) is 4.28. The summed E-state index contributed by atoms with van der Waals surface area (Å²) in [7, 11) is 0. The lowest BCUT2D eigenvalue weighted by molar-refractivity contribution is -0.174. The van der Waals surface area contributed by atoms with Crippen LogP contribution in [0.25, 0.3) is 0 Å². The standard InChI is InChI=1S/C9H9FN2O2/c1-6-2-3-7-8(9(13)14-10)11-4-5-12(6)7/h2-3H,4-5H2,1H3. The predicted molar refractivity (Wildman–Crippen MR) is 47.8 cm³/mol. The summed E-state index contributed by atoms with van der Waals surface area (Å²) in [6.07, 6.45) is 0. The molecule has 0 amide bonds. The topological polar surface area (TPSA) is 43.6 Å². The number of rotatable bonds is 1. The van der Waals surface area contributed by atoms with E-state index < -0.39 is 5.97 Å². The van der Waals surface area contributed by atoms with E-state index in [0.29, 0.717) is 12.2 Å². The largest absolute Gasteiger partial charge is 0.399 e. The normalized spacial score (nSPS) is 14.6. The molecular weight excluding hydrogens is 187 g/mol. The predicted octanol–water partition coefficient (Wildman–Crippen LogP) is 1.03. The molecule has 0 fully saturated rings. The summed E-state index contributed by atoms with van der Waals surface area (Å²) in [5.41, 5.74) is 1.71. The van der Waals surface area contributed by atoms with Crippen LogP contribution in [-0.4, -0.2) is 22.8 Å². The molecule has 14 heavy (non-hydrogen) atoms. The number of aryl methyl sites for hydroxylation is 1. The van der Waals surface area contributed by atoms with Gasteiger partial charge in [0.25, 0.3) is 0 Å². The first-order valence-electron chi connectivity index (χ1n) is 4.28. The Bertz CT molecular complexity index is 409. The highest BCUT2D eigenvalue weighted by Crippen LogP contribution is 2.14. The quantitative estimate of drug-likeness (QED) is 0.673. The Morgan fingerprint density at radius 1 is 1.64 bits per heavy atom. The van der Waals surface area contributed by atoms with Crippen molar-refractivity contribution in [2.45, 2.75) is 13.5 Å². The Labute approximate surface area is 79.9 Å². The number of hydrogen-bond donors (Lipinski definition) is 0. The SMILES string of the molecule is Cc1ccc2n1CCN=C2C(=O)OF. The summed E-state index contributed by atoms with van der Waals surface area (Å²) in [4.78, 5) is 18.1. The summed E-state index contributed by atoms with van der Waals surface area (Å²) < 4.78 is 13.6. The van der Waals surface area contributed by atoms with Crippen LogP contribution in [0.2, 0.25) is 0 Å². The molecular formula is C9H9FN2O2. The molecule has 1 aliphatic rings. The summed E-state index contributed by atoms with van der Waals surface area (Å²) in [6, 6.07) is 3.60. The molecule has 0 saturated carbocycles. The monoisotopic (exact) mass is 196 g/mol. The Balaban J connectivity index is 2.45. The van der Waals surface area contributed by atoms with Gasteiger partial charge in [-0.05, 0) is 19.1 Å². The molecule has 0 saturated heterocycles. The third kappa shape index (κ3) is 1.21. The van der Waals surface area contributed by atoms with E-state index in [9.17, 15) is 9.32 Å². The van der Waals surface area contributed by atoms with Crippen LogP contribution in [-0.2, 0) is 16.3 Å². The first-order chi connectivity index (χ1) is 6.74. The van der Waals surface area contributed by atoms with Gasteiger partial charge in [0.1, 0.15) is 0 Å². The lowest BCUT2D eigenvalue weighted by atomic mass is 10.2. The van der Waals surface area contributed by atoms with Crippen molar-refractivity contribution in [3.63, 3.8) is 0 Å². The number of fused-ring (bicyclic) bond motifs is 1. The second-order valence-electron chi connectivity index (χ2n) is 3.11. The van der Waals surface area contributed by atoms with Gasteiger partial charge in [0, 0.05) is 16.8 Å². The molecule has 74 valence electrons. The fourth-order valence-electron chi connectivity index (χ4n) is 1.62. The molecule has 0 bridgehead atoms. The molecule has 0 atom stereocenters. The fourth-order valence-corrected chi connectivity index (χ4v) is 1.62. The van der Waals surface area contributed by atoms with Gasteiger partial charge in [-0.15, -0.1) is 0 Å². The zero-order valence-electron chi connectivity index (χ0n) is 7.66. The number of aromatic nitrogens is 1. The summed E-state index contributed by atoms with van der Waals surface area (Å²) in [5.74, 6) is -1.02. The summed E-state index contributed by atoms with van der Waals surface area (Å²) >= 11 is 0. The number of nitrogens with zero attached hydrogens (tertiary/aromatic N) is 2. The summed E-state index contributed by atoms with van der Waals surface area (Å²) in [6.45, 7) is 3.12. The Kier molecular flexibility index (Phi) is 2.07. The number of carbonyl (C=O) groups excluding carboxylic acids is 1. The molecule has 2 rings (SSSR count). The maximum Gasteiger partial charge on any atom is 0.399 e. The molecule has 0 N–H and O–H groups in total. The van der Waals surface area contributed by atoms with Gasteiger partial charge < -0.3 is 4.57 Å². The lowest BCUT2D eigenvalue weighted by Crippen LogP contribution is -2.25. The van der Waals surface area contributed by atoms with Gasteiger partial charge in [0.2, 0.25) is 0 Å². The van der Waals surface area contributed by atoms with E-state index in [0.717, 1.165) is 12.2 Å². The second-order valence-corrected chi connectivity index (χ2v) is 3.11. The highest BCUT2D eigenvalue weighted by Gasteiger charge is 2.23. The van der Waals surface area contributed by atoms with Crippen molar-refractivity contribution in [3.8, 4) is 0 Å². The first kappa shape index (κ1) is 8.93. The maximum atomic E-state index is 11.7. The third-order valence-electron chi connectivity index (χ3n) is 2.30. The average Bonchev–Trinajstić information content (AvgIpc) is 2.59. The molecule has 4 nitrogen and oxygen atoms in total. The molecule has 0 aliphatic carbocycles. The van der Waals surface area contributed by atoms with Crippen molar-refractivity contribution in [3.05, 3.63) is 23.5 Å². The molecule has 1 aromatic heterocycles. The minimum Gasteiger partial charge on any atom is -0.342 e. The molecule has 0 radical (unpaired) electrons. The van der Waals surface area contributed by atoms with Gasteiger partial charge in [-0.25, -0.2) is 9.74 Å². The van der Waals surface area contributed by atoms with Crippen LogP contribution in [0.1, 0.15) is 11.4 Å². The van der Waals surface area contributed by atoms with Gasteiger partial charge in [-0.1, -0.05) is 0 Å². The van der Waals surface area contributed by atoms with Crippen LogP contribution in [0.4, 0.5) is 4.53 Å². The van der Waals surface area contributed by atoms with Crippen molar-refractivity contribution in [1.29, 1.82) is 0 Å². The number of halogens is 1. The molecule has 0 aromatic carbocycles. The fraction of sp³-hybridized carbons (Fsp3) is 0.333. The Hall–Kier alpha value is -1.65. The van der Waals surface area contributed by atoms with Crippen LogP contribution in [0.5, 0.6) is 0 Å². The molecule has 0 unspecified atom stereocenters. The zero-order valence-corrected chi connectivity index (χ0v) is 7.66. The lowest BCUT2D eigenvalue weighted by Gasteiger charge is -2.15. The van der Waals surface area contributed by atoms with E-state index in [1.807, 2.05) is 17.6 Å². The average molecular weight is 196 g/mol. The van der Waals surface area contributed by atoms with E-state index >= 15 is 0 Å². The number of hydrogen-bond acceptors (Lipinski definition) is 3. The van der Waals surface area contributed by atoms with Crippen molar-refractivity contribution < 1.29 is 14.3 Å². The molecule has 1 aliphatic heterocycles. The van der Waals surface area contributed by atoms with Crippen LogP contribution >= 0.6 is 0 Å². The van der Waals surface area contributed by atoms with Gasteiger partial charge in [-0.2, -0.15) is 0 Å². The van der Waals surface area contributed by atoms with Gasteiger partial charge in [0.05, 0.1) is 12.2 Å². The highest BCUT2D eigenvalue weighted by atomic mass is 19.3. The van der Waals surface area contributed by atoms with Gasteiger partial charge in [0.15, 0.2) is 5.71 Å². The molecule has 1 aromatic rings. The Morgan fingerprint density at radius 2 is 2.43 bits per heavy atom. The van der Waals surface area contributed by atoms with Crippen molar-refractivity contribution in [1.82, 2.24) is 4.57 Å². The zero-order chi connectivity index (χ0) is 10.1. The van der Waals surface area contributed by atoms with E-state index in [1.54, 1.807) is 6.07 Å². The van der Waals surface area contributed by atoms with Gasteiger partial charge >= 0.3 is 5.97 Å². The van der Waals surface area contributed by atoms with Crippen molar-refractivity contribution in [2.75, 3.05) is 6.54 Å². The number of carbonyl (C=O) groups is 1. The van der Waals surface area contributed by atoms with E-state index in [-0.39, 0.29) is 5.71 Å². The molecule has 0 spiro atoms. The van der Waals surface area contributed by atoms with Crippen LogP contribution in [0.3, 0.4) is 0 Å². The minimum atomic E-state index is -1.02. The maximum absolute atomic E-state index is 11.7. The Morgan fingerprint density at radius 3 is 3.14 bits per heavy atom. The highest BCUT2D eigenvalue weighted by molar-refractivity contribution is 6.42. The van der Waals surface area contributed by atoms with Crippen molar-refractivity contribution in [2.24, 2.45) is 4.99 Å². The second kappa shape index (κ2) is 3.25. The van der Waals surface area contributed by atoms with Crippen molar-refractivity contribution >= 4 is 11.7 Å². The molecule has 2 heterocycles. The minimum absolute atomic E-state index is 0.0619. The van der Waals surface area contributed by atoms with E-state index in [1.165, 1.54) is 0 Å². The molecule has 5 heteroatoms. The van der Waals surface area contributed by atoms with Gasteiger partial charge in [-0.3, -0.25) is 4.99 Å². The third-order valence-corrected chi connectivity index (χ3v) is 2.30. The van der Waals surface area contributed by atoms with Crippen LogP contribution in [0.15, 0.2) is 17.1 Å².